The smallest absolute Gasteiger partial charge is 0.126 e. The van der Waals surface area contributed by atoms with E-state index < -0.39 is 0 Å². The Morgan fingerprint density at radius 2 is 2.00 bits per heavy atom. The zero-order valence-corrected chi connectivity index (χ0v) is 10.6. The third-order valence-electron chi connectivity index (χ3n) is 2.18. The van der Waals surface area contributed by atoms with Gasteiger partial charge in [0.2, 0.25) is 0 Å². The topological polar surface area (TPSA) is 35.2 Å². The Balaban J connectivity index is 2.07. The Hall–Kier alpha value is -1.55. The molecule has 0 saturated carbocycles. The van der Waals surface area contributed by atoms with Crippen molar-refractivity contribution >= 4 is 21.6 Å². The number of hydrogen-bond acceptors (Lipinski definition) is 2. The first-order valence-corrected chi connectivity index (χ1v) is 5.86. The normalized spacial score (nSPS) is 10.2. The number of anilines is 1. The van der Waals surface area contributed by atoms with E-state index in [0.717, 1.165) is 10.0 Å². The van der Waals surface area contributed by atoms with E-state index in [0.29, 0.717) is 18.0 Å². The van der Waals surface area contributed by atoms with E-state index >= 15 is 0 Å². The van der Waals surface area contributed by atoms with Gasteiger partial charge in [-0.1, -0.05) is 22.0 Å². The van der Waals surface area contributed by atoms with Crippen molar-refractivity contribution in [1.29, 1.82) is 0 Å². The van der Waals surface area contributed by atoms with Gasteiger partial charge in [-0.2, -0.15) is 0 Å². The molecule has 88 valence electrons. The van der Waals surface area contributed by atoms with Gasteiger partial charge in [0, 0.05) is 16.2 Å². The number of hydrogen-bond donors (Lipinski definition) is 1. The van der Waals surface area contributed by atoms with E-state index in [4.69, 9.17) is 10.5 Å². The van der Waals surface area contributed by atoms with E-state index in [1.807, 2.05) is 18.2 Å². The molecule has 0 saturated heterocycles. The van der Waals surface area contributed by atoms with Gasteiger partial charge < -0.3 is 10.5 Å². The van der Waals surface area contributed by atoms with Crippen LogP contribution in [0.3, 0.4) is 0 Å². The lowest BCUT2D eigenvalue weighted by atomic mass is 10.2. The molecule has 0 aliphatic rings. The molecule has 0 aliphatic carbocycles. The highest BCUT2D eigenvalue weighted by Crippen LogP contribution is 2.19. The number of ether oxygens (including phenoxy) is 1. The molecule has 17 heavy (non-hydrogen) atoms. The van der Waals surface area contributed by atoms with Crippen LogP contribution in [0.1, 0.15) is 5.56 Å². The number of benzene rings is 2. The predicted molar refractivity (Wildman–Crippen MR) is 69.3 cm³/mol. The summed E-state index contributed by atoms with van der Waals surface area (Å²) >= 11 is 3.36. The van der Waals surface area contributed by atoms with E-state index in [1.54, 1.807) is 12.1 Å². The van der Waals surface area contributed by atoms with Gasteiger partial charge in [0.15, 0.2) is 0 Å². The number of nitrogen functional groups attached to an aromatic ring is 1. The van der Waals surface area contributed by atoms with Crippen LogP contribution in [0.4, 0.5) is 10.1 Å². The molecule has 0 bridgehead atoms. The van der Waals surface area contributed by atoms with Crippen molar-refractivity contribution in [3.63, 3.8) is 0 Å². The van der Waals surface area contributed by atoms with Gasteiger partial charge in [-0.05, 0) is 35.9 Å². The van der Waals surface area contributed by atoms with Crippen molar-refractivity contribution in [1.82, 2.24) is 0 Å². The maximum atomic E-state index is 12.9. The van der Waals surface area contributed by atoms with Gasteiger partial charge in [0.25, 0.3) is 0 Å². The van der Waals surface area contributed by atoms with Crippen molar-refractivity contribution < 1.29 is 9.13 Å². The molecule has 0 amide bonds. The summed E-state index contributed by atoms with van der Waals surface area (Å²) in [5.74, 6) is 0.194. The minimum atomic E-state index is -0.309. The molecule has 0 spiro atoms. The molecule has 2 rings (SSSR count). The van der Waals surface area contributed by atoms with Crippen LogP contribution in [0.5, 0.6) is 5.75 Å². The molecule has 2 nitrogen and oxygen atoms in total. The Bertz CT molecular complexity index is 510. The van der Waals surface area contributed by atoms with E-state index in [1.165, 1.54) is 12.1 Å². The van der Waals surface area contributed by atoms with Crippen LogP contribution >= 0.6 is 15.9 Å². The monoisotopic (exact) mass is 295 g/mol. The lowest BCUT2D eigenvalue weighted by Gasteiger charge is -2.07. The van der Waals surface area contributed by atoms with Crippen LogP contribution in [0.25, 0.3) is 0 Å². The summed E-state index contributed by atoms with van der Waals surface area (Å²) in [5, 5.41) is 0. The quantitative estimate of drug-likeness (QED) is 0.875. The molecule has 0 heterocycles. The molecule has 4 heteroatoms. The fourth-order valence-corrected chi connectivity index (χ4v) is 2.04. The van der Waals surface area contributed by atoms with Gasteiger partial charge in [-0.15, -0.1) is 0 Å². The van der Waals surface area contributed by atoms with Crippen LogP contribution in [-0.2, 0) is 6.61 Å². The second kappa shape index (κ2) is 5.19. The zero-order chi connectivity index (χ0) is 12.3. The largest absolute Gasteiger partial charge is 0.489 e. The third-order valence-corrected chi connectivity index (χ3v) is 2.64. The second-order valence-corrected chi connectivity index (χ2v) is 4.55. The molecule has 0 atom stereocenters. The van der Waals surface area contributed by atoms with Gasteiger partial charge in [-0.25, -0.2) is 4.39 Å². The molecule has 0 unspecified atom stereocenters. The number of nitrogens with two attached hydrogens (primary N) is 1. The summed E-state index contributed by atoms with van der Waals surface area (Å²) in [4.78, 5) is 0. The molecule has 0 radical (unpaired) electrons. The summed E-state index contributed by atoms with van der Waals surface area (Å²) in [5.41, 5.74) is 7.30. The zero-order valence-electron chi connectivity index (χ0n) is 8.99. The average Bonchev–Trinajstić information content (AvgIpc) is 2.25. The summed E-state index contributed by atoms with van der Waals surface area (Å²) in [6, 6.07) is 11.6. The number of rotatable bonds is 3. The summed E-state index contributed by atoms with van der Waals surface area (Å²) < 4.78 is 19.3. The molecule has 2 N–H and O–H groups in total. The highest BCUT2D eigenvalue weighted by molar-refractivity contribution is 9.10. The lowest BCUT2D eigenvalue weighted by Crippen LogP contribution is -1.97. The first-order chi connectivity index (χ1) is 8.13. The fourth-order valence-electron chi connectivity index (χ4n) is 1.48. The van der Waals surface area contributed by atoms with Gasteiger partial charge >= 0.3 is 0 Å². The Morgan fingerprint density at radius 3 is 2.71 bits per heavy atom. The van der Waals surface area contributed by atoms with Gasteiger partial charge in [-0.3, -0.25) is 0 Å². The standard InChI is InChI=1S/C13H11BrFNO/c14-10-4-9(5-12(16)6-10)8-17-13-3-1-2-11(15)7-13/h1-7H,8,16H2. The minimum absolute atomic E-state index is 0.309. The average molecular weight is 296 g/mol. The van der Waals surface area contributed by atoms with Crippen molar-refractivity contribution in [2.45, 2.75) is 6.61 Å². The van der Waals surface area contributed by atoms with Crippen molar-refractivity contribution in [2.24, 2.45) is 0 Å². The maximum absolute atomic E-state index is 12.9. The van der Waals surface area contributed by atoms with E-state index in [2.05, 4.69) is 15.9 Å². The molecule has 2 aromatic carbocycles. The molecule has 0 aromatic heterocycles. The first kappa shape index (κ1) is 11.9. The molecule has 0 aliphatic heterocycles. The van der Waals surface area contributed by atoms with Crippen LogP contribution in [-0.4, -0.2) is 0 Å². The highest BCUT2D eigenvalue weighted by atomic mass is 79.9. The van der Waals surface area contributed by atoms with Crippen LogP contribution in [0, 0.1) is 5.82 Å². The Kier molecular flexibility index (Phi) is 3.64. The first-order valence-electron chi connectivity index (χ1n) is 5.07. The molecular weight excluding hydrogens is 285 g/mol. The van der Waals surface area contributed by atoms with E-state index in [-0.39, 0.29) is 5.82 Å². The van der Waals surface area contributed by atoms with Crippen molar-refractivity contribution in [3.8, 4) is 5.75 Å². The SMILES string of the molecule is Nc1cc(Br)cc(COc2cccc(F)c2)c1. The molecule has 2 aromatic rings. The van der Waals surface area contributed by atoms with Crippen molar-refractivity contribution in [2.75, 3.05) is 5.73 Å². The molecule has 0 fully saturated rings. The van der Waals surface area contributed by atoms with Crippen molar-refractivity contribution in [3.05, 3.63) is 58.3 Å². The highest BCUT2D eigenvalue weighted by Gasteiger charge is 2.00. The number of halogens is 2. The summed E-state index contributed by atoms with van der Waals surface area (Å²) in [6.07, 6.45) is 0. The van der Waals surface area contributed by atoms with Crippen LogP contribution in [0.2, 0.25) is 0 Å². The third kappa shape index (κ3) is 3.46. The van der Waals surface area contributed by atoms with Crippen LogP contribution < -0.4 is 10.5 Å². The minimum Gasteiger partial charge on any atom is -0.489 e. The molecular formula is C13H11BrFNO. The summed E-state index contributed by atoms with van der Waals surface area (Å²) in [7, 11) is 0. The Morgan fingerprint density at radius 1 is 1.18 bits per heavy atom. The Labute approximate surface area is 107 Å². The summed E-state index contributed by atoms with van der Waals surface area (Å²) in [6.45, 7) is 0.354. The predicted octanol–water partition coefficient (Wildman–Crippen LogP) is 3.75. The maximum Gasteiger partial charge on any atom is 0.126 e. The van der Waals surface area contributed by atoms with Gasteiger partial charge in [0.1, 0.15) is 18.2 Å². The van der Waals surface area contributed by atoms with Gasteiger partial charge in [0.05, 0.1) is 0 Å². The van der Waals surface area contributed by atoms with E-state index in [9.17, 15) is 4.39 Å². The fraction of sp³-hybridized carbons (Fsp3) is 0.0769. The second-order valence-electron chi connectivity index (χ2n) is 3.64. The van der Waals surface area contributed by atoms with Crippen LogP contribution in [0.15, 0.2) is 46.9 Å². The lowest BCUT2D eigenvalue weighted by molar-refractivity contribution is 0.304.